The van der Waals surface area contributed by atoms with Gasteiger partial charge < -0.3 is 4.74 Å². The molecule has 0 radical (unpaired) electrons. The number of aryl methyl sites for hydroxylation is 2. The lowest BCUT2D eigenvalue weighted by molar-refractivity contribution is -0.145. The van der Waals surface area contributed by atoms with Gasteiger partial charge >= 0.3 is 11.7 Å². The third-order valence-electron chi connectivity index (χ3n) is 3.67. The number of carbonyl (C=O) groups excluding carboxylic acids is 1. The molecule has 0 aromatic carbocycles. The summed E-state index contributed by atoms with van der Waals surface area (Å²) >= 11 is 0. The van der Waals surface area contributed by atoms with Gasteiger partial charge in [-0.05, 0) is 25.8 Å². The Morgan fingerprint density at radius 3 is 3.05 bits per heavy atom. The Balaban J connectivity index is 1.96. The lowest BCUT2D eigenvalue weighted by atomic mass is 10.1. The number of ether oxygens (including phenoxy) is 1. The van der Waals surface area contributed by atoms with Gasteiger partial charge in [0.25, 0.3) is 0 Å². The molecule has 0 saturated carbocycles. The van der Waals surface area contributed by atoms with E-state index in [-0.39, 0.29) is 12.2 Å². The van der Waals surface area contributed by atoms with Crippen molar-refractivity contribution >= 4 is 5.97 Å². The number of H-pyrrole nitrogens is 1. The SMILES string of the molecule is COC(=O)C1CCCc2nn(Cc3cc(C)[nH]n3)c(=O)n21. The number of aromatic nitrogens is 5. The van der Waals surface area contributed by atoms with E-state index in [9.17, 15) is 9.59 Å². The highest BCUT2D eigenvalue weighted by Gasteiger charge is 2.31. The van der Waals surface area contributed by atoms with Crippen molar-refractivity contribution in [1.29, 1.82) is 0 Å². The predicted octanol–water partition coefficient (Wildman–Crippen LogP) is 0.175. The van der Waals surface area contributed by atoms with Crippen LogP contribution in [0.4, 0.5) is 0 Å². The Hall–Kier alpha value is -2.38. The molecule has 8 nitrogen and oxygen atoms in total. The molecule has 8 heteroatoms. The van der Waals surface area contributed by atoms with Crippen molar-refractivity contribution in [3.63, 3.8) is 0 Å². The molecule has 1 N–H and O–H groups in total. The zero-order valence-corrected chi connectivity index (χ0v) is 12.0. The van der Waals surface area contributed by atoms with Gasteiger partial charge in [-0.3, -0.25) is 9.67 Å². The number of nitrogens with zero attached hydrogens (tertiary/aromatic N) is 4. The van der Waals surface area contributed by atoms with Crippen molar-refractivity contribution in [2.45, 2.75) is 38.8 Å². The second-order valence-corrected chi connectivity index (χ2v) is 5.20. The molecule has 1 aliphatic heterocycles. The zero-order valence-electron chi connectivity index (χ0n) is 12.0. The highest BCUT2D eigenvalue weighted by molar-refractivity contribution is 5.74. The number of nitrogens with one attached hydrogen (secondary N) is 1. The van der Waals surface area contributed by atoms with Crippen LogP contribution in [-0.2, 0) is 22.5 Å². The molecule has 112 valence electrons. The van der Waals surface area contributed by atoms with Crippen molar-refractivity contribution in [3.8, 4) is 0 Å². The summed E-state index contributed by atoms with van der Waals surface area (Å²) in [6, 6.07) is 1.30. The molecule has 3 rings (SSSR count). The number of fused-ring (bicyclic) bond motifs is 1. The maximum atomic E-state index is 12.5. The molecule has 21 heavy (non-hydrogen) atoms. The van der Waals surface area contributed by atoms with Crippen LogP contribution in [0.3, 0.4) is 0 Å². The first kappa shape index (κ1) is 13.6. The summed E-state index contributed by atoms with van der Waals surface area (Å²) in [5, 5.41) is 11.3. The summed E-state index contributed by atoms with van der Waals surface area (Å²) in [6.07, 6.45) is 2.11. The number of carbonyl (C=O) groups is 1. The molecule has 1 unspecified atom stereocenters. The van der Waals surface area contributed by atoms with E-state index in [1.807, 2.05) is 13.0 Å². The van der Waals surface area contributed by atoms with Gasteiger partial charge in [-0.15, -0.1) is 0 Å². The first-order valence-corrected chi connectivity index (χ1v) is 6.87. The second kappa shape index (κ2) is 5.19. The van der Waals surface area contributed by atoms with Crippen molar-refractivity contribution in [1.82, 2.24) is 24.5 Å². The quantitative estimate of drug-likeness (QED) is 0.814. The highest BCUT2D eigenvalue weighted by atomic mass is 16.5. The third-order valence-corrected chi connectivity index (χ3v) is 3.67. The fourth-order valence-corrected chi connectivity index (χ4v) is 2.70. The average molecular weight is 291 g/mol. The number of rotatable bonds is 3. The van der Waals surface area contributed by atoms with E-state index in [1.165, 1.54) is 16.4 Å². The Labute approximate surface area is 120 Å². The molecular formula is C13H17N5O3. The van der Waals surface area contributed by atoms with Crippen LogP contribution in [0.5, 0.6) is 0 Å². The predicted molar refractivity (Wildman–Crippen MR) is 72.9 cm³/mol. The van der Waals surface area contributed by atoms with Crippen LogP contribution in [0.1, 0.15) is 36.1 Å². The van der Waals surface area contributed by atoms with E-state index >= 15 is 0 Å². The van der Waals surface area contributed by atoms with Crippen molar-refractivity contribution < 1.29 is 9.53 Å². The lowest BCUT2D eigenvalue weighted by Crippen LogP contribution is -2.35. The van der Waals surface area contributed by atoms with Crippen molar-refractivity contribution in [2.75, 3.05) is 7.11 Å². The summed E-state index contributed by atoms with van der Waals surface area (Å²) in [5.41, 5.74) is 1.37. The standard InChI is InChI=1S/C13H17N5O3/c1-8-6-9(15-14-8)7-17-13(20)18-10(12(19)21-2)4-3-5-11(18)16-17/h6,10H,3-5,7H2,1-2H3,(H,14,15). The maximum absolute atomic E-state index is 12.5. The molecule has 0 saturated heterocycles. The molecule has 0 aliphatic carbocycles. The number of esters is 1. The summed E-state index contributed by atoms with van der Waals surface area (Å²) in [7, 11) is 1.33. The normalized spacial score (nSPS) is 17.5. The Kier molecular flexibility index (Phi) is 3.36. The smallest absolute Gasteiger partial charge is 0.347 e. The van der Waals surface area contributed by atoms with Gasteiger partial charge in [0, 0.05) is 12.1 Å². The van der Waals surface area contributed by atoms with E-state index in [2.05, 4.69) is 15.3 Å². The molecule has 1 atom stereocenters. The largest absolute Gasteiger partial charge is 0.467 e. The molecular weight excluding hydrogens is 274 g/mol. The molecule has 0 fully saturated rings. The van der Waals surface area contributed by atoms with E-state index in [0.29, 0.717) is 18.7 Å². The van der Waals surface area contributed by atoms with E-state index < -0.39 is 12.0 Å². The Morgan fingerprint density at radius 2 is 2.38 bits per heavy atom. The van der Waals surface area contributed by atoms with Gasteiger partial charge in [-0.2, -0.15) is 10.2 Å². The van der Waals surface area contributed by atoms with E-state index in [4.69, 9.17) is 4.74 Å². The summed E-state index contributed by atoms with van der Waals surface area (Å²) in [4.78, 5) is 24.3. The summed E-state index contributed by atoms with van der Waals surface area (Å²) in [5.74, 6) is 0.238. The molecule has 0 amide bonds. The fourth-order valence-electron chi connectivity index (χ4n) is 2.70. The zero-order chi connectivity index (χ0) is 15.0. The molecule has 0 spiro atoms. The number of hydrogen-bond acceptors (Lipinski definition) is 5. The Bertz CT molecular complexity index is 726. The maximum Gasteiger partial charge on any atom is 0.347 e. The minimum absolute atomic E-state index is 0.289. The van der Waals surface area contributed by atoms with Crippen LogP contribution >= 0.6 is 0 Å². The monoisotopic (exact) mass is 291 g/mol. The van der Waals surface area contributed by atoms with Crippen LogP contribution in [0, 0.1) is 6.92 Å². The minimum atomic E-state index is -0.569. The topological polar surface area (TPSA) is 94.8 Å². The average Bonchev–Trinajstić information content (AvgIpc) is 3.03. The van der Waals surface area contributed by atoms with Crippen LogP contribution in [0.25, 0.3) is 0 Å². The molecule has 1 aliphatic rings. The van der Waals surface area contributed by atoms with Crippen LogP contribution in [0.15, 0.2) is 10.9 Å². The van der Waals surface area contributed by atoms with Gasteiger partial charge in [0.15, 0.2) is 0 Å². The van der Waals surface area contributed by atoms with E-state index in [0.717, 1.165) is 17.8 Å². The summed E-state index contributed by atoms with van der Waals surface area (Å²) < 4.78 is 7.59. The molecule has 2 aromatic heterocycles. The molecule has 3 heterocycles. The van der Waals surface area contributed by atoms with Gasteiger partial charge in [-0.1, -0.05) is 0 Å². The molecule has 2 aromatic rings. The minimum Gasteiger partial charge on any atom is -0.467 e. The summed E-state index contributed by atoms with van der Waals surface area (Å²) in [6.45, 7) is 2.18. The molecule has 0 bridgehead atoms. The van der Waals surface area contributed by atoms with Crippen LogP contribution in [0.2, 0.25) is 0 Å². The first-order chi connectivity index (χ1) is 10.1. The fraction of sp³-hybridized carbons (Fsp3) is 0.538. The number of hydrogen-bond donors (Lipinski definition) is 1. The first-order valence-electron chi connectivity index (χ1n) is 6.87. The van der Waals surface area contributed by atoms with E-state index in [1.54, 1.807) is 0 Å². The van der Waals surface area contributed by atoms with Crippen LogP contribution < -0.4 is 5.69 Å². The van der Waals surface area contributed by atoms with Crippen LogP contribution in [-0.4, -0.2) is 37.6 Å². The van der Waals surface area contributed by atoms with Gasteiger partial charge in [-0.25, -0.2) is 14.3 Å². The third kappa shape index (κ3) is 2.37. The van der Waals surface area contributed by atoms with Gasteiger partial charge in [0.1, 0.15) is 11.9 Å². The number of methoxy groups -OCH3 is 1. The van der Waals surface area contributed by atoms with Crippen molar-refractivity contribution in [2.24, 2.45) is 0 Å². The van der Waals surface area contributed by atoms with Gasteiger partial charge in [0.2, 0.25) is 0 Å². The van der Waals surface area contributed by atoms with Gasteiger partial charge in [0.05, 0.1) is 19.3 Å². The number of aromatic amines is 1. The second-order valence-electron chi connectivity index (χ2n) is 5.20. The Morgan fingerprint density at radius 1 is 1.57 bits per heavy atom. The van der Waals surface area contributed by atoms with Crippen molar-refractivity contribution in [3.05, 3.63) is 33.8 Å². The lowest BCUT2D eigenvalue weighted by Gasteiger charge is -2.20. The highest BCUT2D eigenvalue weighted by Crippen LogP contribution is 2.22.